The van der Waals surface area contributed by atoms with Gasteiger partial charge in [0, 0.05) is 11.7 Å². The van der Waals surface area contributed by atoms with E-state index in [1.54, 1.807) is 0 Å². The molecule has 18 heavy (non-hydrogen) atoms. The molecule has 0 saturated heterocycles. The molecule has 2 N–H and O–H groups in total. The maximum atomic E-state index is 11.8. The molecule has 1 unspecified atom stereocenters. The minimum Gasteiger partial charge on any atom is -0.772 e. The van der Waals surface area contributed by atoms with Gasteiger partial charge in [0.25, 0.3) is 0 Å². The van der Waals surface area contributed by atoms with Crippen molar-refractivity contribution in [3.63, 3.8) is 0 Å². The smallest absolute Gasteiger partial charge is 0.327 e. The first-order valence-corrected chi connectivity index (χ1v) is 7.25. The van der Waals surface area contributed by atoms with E-state index < -0.39 is 28.8 Å². The van der Waals surface area contributed by atoms with Crippen LogP contribution in [0.4, 0.5) is 0 Å². The van der Waals surface area contributed by atoms with Crippen LogP contribution in [0.3, 0.4) is 0 Å². The van der Waals surface area contributed by atoms with Gasteiger partial charge in [0.15, 0.2) is 0 Å². The van der Waals surface area contributed by atoms with Crippen molar-refractivity contribution in [2.24, 2.45) is 5.92 Å². The van der Waals surface area contributed by atoms with Crippen molar-refractivity contribution in [3.8, 4) is 0 Å². The van der Waals surface area contributed by atoms with Gasteiger partial charge < -0.3 is 15.0 Å². The number of hydrogen-bond acceptors (Lipinski definition) is 4. The highest BCUT2D eigenvalue weighted by molar-refractivity contribution is 7.79. The molecule has 0 aliphatic rings. The Hall–Kier alpha value is -0.950. The van der Waals surface area contributed by atoms with Crippen LogP contribution < -0.4 is 5.32 Å². The van der Waals surface area contributed by atoms with Crippen molar-refractivity contribution < 1.29 is 23.5 Å². The van der Waals surface area contributed by atoms with Gasteiger partial charge in [-0.05, 0) is 12.8 Å². The monoisotopic (exact) mass is 278 g/mol. The Morgan fingerprint density at radius 2 is 1.78 bits per heavy atom. The van der Waals surface area contributed by atoms with Crippen molar-refractivity contribution in [2.75, 3.05) is 5.75 Å². The van der Waals surface area contributed by atoms with Gasteiger partial charge in [-0.3, -0.25) is 9.00 Å². The highest BCUT2D eigenvalue weighted by atomic mass is 32.2. The number of amides is 1. The quantitative estimate of drug-likeness (QED) is 0.602. The number of rotatable bonds is 9. The number of hydrogen-bond donors (Lipinski definition) is 2. The van der Waals surface area contributed by atoms with Crippen LogP contribution in [0.2, 0.25) is 0 Å². The van der Waals surface area contributed by atoms with Gasteiger partial charge in [0.05, 0.1) is 0 Å². The van der Waals surface area contributed by atoms with Gasteiger partial charge in [-0.25, -0.2) is 4.79 Å². The third-order valence-electron chi connectivity index (χ3n) is 2.56. The molecule has 0 aromatic rings. The van der Waals surface area contributed by atoms with E-state index in [4.69, 9.17) is 5.11 Å². The summed E-state index contributed by atoms with van der Waals surface area (Å²) in [5, 5.41) is 11.1. The molecule has 0 heterocycles. The van der Waals surface area contributed by atoms with E-state index in [1.165, 1.54) is 0 Å². The van der Waals surface area contributed by atoms with E-state index in [-0.39, 0.29) is 11.8 Å². The summed E-state index contributed by atoms with van der Waals surface area (Å²) in [5.74, 6) is -2.57. The Morgan fingerprint density at radius 3 is 2.11 bits per heavy atom. The molecule has 0 fully saturated rings. The third-order valence-corrected chi connectivity index (χ3v) is 3.17. The van der Waals surface area contributed by atoms with Crippen molar-refractivity contribution in [1.82, 2.24) is 5.32 Å². The number of carboxylic acids is 1. The Labute approximate surface area is 109 Å². The van der Waals surface area contributed by atoms with Crippen LogP contribution in [-0.2, 0) is 20.7 Å². The highest BCUT2D eigenvalue weighted by Gasteiger charge is 2.24. The van der Waals surface area contributed by atoms with Crippen LogP contribution in [0.15, 0.2) is 0 Å². The lowest BCUT2D eigenvalue weighted by Gasteiger charge is -2.20. The fraction of sp³-hybridized carbons (Fsp3) is 0.818. The molecule has 0 radical (unpaired) electrons. The molecule has 6 nitrogen and oxygen atoms in total. The topological polar surface area (TPSA) is 107 Å². The van der Waals surface area contributed by atoms with E-state index >= 15 is 0 Å². The number of carbonyl (C=O) groups excluding carboxylic acids is 1. The zero-order chi connectivity index (χ0) is 14.1. The second-order valence-corrected chi connectivity index (χ2v) is 5.08. The molecule has 106 valence electrons. The van der Waals surface area contributed by atoms with Crippen LogP contribution in [-0.4, -0.2) is 37.5 Å². The summed E-state index contributed by atoms with van der Waals surface area (Å²) in [4.78, 5) is 22.7. The van der Waals surface area contributed by atoms with Crippen molar-refractivity contribution in [1.29, 1.82) is 0 Å². The number of aliphatic carboxylic acids is 1. The summed E-state index contributed by atoms with van der Waals surface area (Å²) in [5.41, 5.74) is 0. The van der Waals surface area contributed by atoms with Crippen LogP contribution in [0.25, 0.3) is 0 Å². The molecule has 0 spiro atoms. The lowest BCUT2D eigenvalue weighted by atomic mass is 9.97. The number of carboxylic acid groups (broad SMARTS) is 1. The predicted molar refractivity (Wildman–Crippen MR) is 66.7 cm³/mol. The van der Waals surface area contributed by atoms with E-state index in [2.05, 4.69) is 5.32 Å². The molecule has 0 bridgehead atoms. The highest BCUT2D eigenvalue weighted by Crippen LogP contribution is 2.13. The van der Waals surface area contributed by atoms with Crippen molar-refractivity contribution in [3.05, 3.63) is 0 Å². The first-order valence-electron chi connectivity index (χ1n) is 6.01. The van der Waals surface area contributed by atoms with Crippen LogP contribution in [0, 0.1) is 5.92 Å². The zero-order valence-corrected chi connectivity index (χ0v) is 11.5. The lowest BCUT2D eigenvalue weighted by Crippen LogP contribution is -2.46. The first-order chi connectivity index (χ1) is 8.42. The standard InChI is InChI=1S/C11H21NO5S/c1-3-5-8(6-4-2)10(13)12-9(11(14)15)7-18(16)17/h8-9H,3-7H2,1-2H3,(H,12,13)(H,14,15)(H,16,17)/p-1/t9-/m0/s1. The van der Waals surface area contributed by atoms with Crippen LogP contribution in [0.5, 0.6) is 0 Å². The number of nitrogens with one attached hydrogen (secondary N) is 1. The van der Waals surface area contributed by atoms with E-state index in [1.807, 2.05) is 13.8 Å². The molecular weight excluding hydrogens is 258 g/mol. The Morgan fingerprint density at radius 1 is 1.28 bits per heavy atom. The van der Waals surface area contributed by atoms with Crippen molar-refractivity contribution >= 4 is 23.0 Å². The summed E-state index contributed by atoms with van der Waals surface area (Å²) in [6.07, 6.45) is 2.99. The van der Waals surface area contributed by atoms with E-state index in [9.17, 15) is 18.4 Å². The normalized spacial score (nSPS) is 14.2. The largest absolute Gasteiger partial charge is 0.772 e. The van der Waals surface area contributed by atoms with Gasteiger partial charge in [-0.1, -0.05) is 37.8 Å². The maximum absolute atomic E-state index is 11.8. The first kappa shape index (κ1) is 17.1. The maximum Gasteiger partial charge on any atom is 0.327 e. The Balaban J connectivity index is 4.54. The molecule has 0 aromatic carbocycles. The SMILES string of the molecule is CCCC(CCC)C(=O)N[C@@H](CS(=O)[O-])C(=O)O. The Kier molecular flexibility index (Phi) is 8.57. The van der Waals surface area contributed by atoms with Crippen LogP contribution in [0.1, 0.15) is 39.5 Å². The third kappa shape index (κ3) is 6.70. The summed E-state index contributed by atoms with van der Waals surface area (Å²) in [7, 11) is 0. The number of carbonyl (C=O) groups is 2. The van der Waals surface area contributed by atoms with E-state index in [0.29, 0.717) is 12.8 Å². The average molecular weight is 278 g/mol. The summed E-state index contributed by atoms with van der Waals surface area (Å²) >= 11 is -2.50. The predicted octanol–water partition coefficient (Wildman–Crippen LogP) is 0.651. The molecular formula is C11H20NO5S-. The second kappa shape index (κ2) is 9.04. The van der Waals surface area contributed by atoms with Gasteiger partial charge in [0.1, 0.15) is 6.04 Å². The average Bonchev–Trinajstić information content (AvgIpc) is 2.27. The molecule has 2 atom stereocenters. The Bertz CT molecular complexity index is 302. The molecule has 0 aliphatic carbocycles. The molecule has 0 rings (SSSR count). The minimum atomic E-state index is -2.50. The summed E-state index contributed by atoms with van der Waals surface area (Å²) in [6, 6.07) is -1.37. The minimum absolute atomic E-state index is 0.248. The van der Waals surface area contributed by atoms with Gasteiger partial charge in [-0.2, -0.15) is 0 Å². The van der Waals surface area contributed by atoms with Crippen LogP contribution >= 0.6 is 0 Å². The lowest BCUT2D eigenvalue weighted by molar-refractivity contribution is -0.141. The molecule has 7 heteroatoms. The molecule has 1 amide bonds. The zero-order valence-electron chi connectivity index (χ0n) is 10.7. The second-order valence-electron chi connectivity index (χ2n) is 4.14. The molecule has 0 saturated carbocycles. The van der Waals surface area contributed by atoms with Gasteiger partial charge >= 0.3 is 5.97 Å². The molecule has 0 aliphatic heterocycles. The fourth-order valence-electron chi connectivity index (χ4n) is 1.70. The summed E-state index contributed by atoms with van der Waals surface area (Å²) < 4.78 is 21.0. The van der Waals surface area contributed by atoms with E-state index in [0.717, 1.165) is 12.8 Å². The van der Waals surface area contributed by atoms with Gasteiger partial charge in [-0.15, -0.1) is 0 Å². The van der Waals surface area contributed by atoms with Gasteiger partial charge in [0.2, 0.25) is 5.91 Å². The molecule has 0 aromatic heterocycles. The fourth-order valence-corrected chi connectivity index (χ4v) is 2.20. The summed E-state index contributed by atoms with van der Waals surface area (Å²) in [6.45, 7) is 3.88. The van der Waals surface area contributed by atoms with Crippen molar-refractivity contribution in [2.45, 2.75) is 45.6 Å².